The number of aromatic nitrogens is 2. The molecule has 6 heteroatoms. The van der Waals surface area contributed by atoms with E-state index < -0.39 is 6.10 Å². The van der Waals surface area contributed by atoms with Crippen molar-refractivity contribution in [2.24, 2.45) is 0 Å². The van der Waals surface area contributed by atoms with E-state index in [0.29, 0.717) is 0 Å². The summed E-state index contributed by atoms with van der Waals surface area (Å²) in [5.74, 6) is 0. The van der Waals surface area contributed by atoms with Crippen LogP contribution in [-0.2, 0) is 0 Å². The summed E-state index contributed by atoms with van der Waals surface area (Å²) in [4.78, 5) is 4.41. The van der Waals surface area contributed by atoms with Gasteiger partial charge in [0, 0.05) is 20.9 Å². The zero-order valence-electron chi connectivity index (χ0n) is 14.0. The van der Waals surface area contributed by atoms with Crippen molar-refractivity contribution >= 4 is 59.4 Å². The molecule has 4 rings (SSSR count). The van der Waals surface area contributed by atoms with Crippen LogP contribution in [0.2, 0.25) is 0 Å². The van der Waals surface area contributed by atoms with Crippen molar-refractivity contribution in [3.63, 3.8) is 0 Å². The first kappa shape index (κ1) is 17.5. The van der Waals surface area contributed by atoms with Gasteiger partial charge in [-0.05, 0) is 59.3 Å². The SMILES string of the molecule is CC(O)C(Nc1ccccc1)n1c2ccc(Br)cc2c2cc(Br)ncc21. The number of benzene rings is 2. The molecule has 2 heterocycles. The van der Waals surface area contributed by atoms with Gasteiger partial charge in [-0.25, -0.2) is 4.98 Å². The number of para-hydroxylation sites is 1. The number of aliphatic hydroxyl groups is 1. The van der Waals surface area contributed by atoms with Gasteiger partial charge >= 0.3 is 0 Å². The molecule has 2 unspecified atom stereocenters. The number of aliphatic hydroxyl groups excluding tert-OH is 1. The average molecular weight is 475 g/mol. The summed E-state index contributed by atoms with van der Waals surface area (Å²) in [6, 6.07) is 18.1. The van der Waals surface area contributed by atoms with Gasteiger partial charge in [-0.1, -0.05) is 34.1 Å². The van der Waals surface area contributed by atoms with E-state index >= 15 is 0 Å². The smallest absolute Gasteiger partial charge is 0.130 e. The van der Waals surface area contributed by atoms with Crippen LogP contribution >= 0.6 is 31.9 Å². The third-order valence-electron chi connectivity index (χ3n) is 4.44. The van der Waals surface area contributed by atoms with E-state index in [1.54, 1.807) is 6.92 Å². The van der Waals surface area contributed by atoms with E-state index in [0.717, 1.165) is 36.6 Å². The molecule has 26 heavy (non-hydrogen) atoms. The largest absolute Gasteiger partial charge is 0.389 e. The molecule has 2 aromatic carbocycles. The number of hydrogen-bond acceptors (Lipinski definition) is 3. The van der Waals surface area contributed by atoms with E-state index in [1.165, 1.54) is 0 Å². The van der Waals surface area contributed by atoms with E-state index in [4.69, 9.17) is 0 Å². The van der Waals surface area contributed by atoms with Crippen molar-refractivity contribution < 1.29 is 5.11 Å². The van der Waals surface area contributed by atoms with E-state index in [2.05, 4.69) is 58.9 Å². The lowest BCUT2D eigenvalue weighted by molar-refractivity contribution is 0.147. The highest BCUT2D eigenvalue weighted by Crippen LogP contribution is 2.35. The van der Waals surface area contributed by atoms with Crippen LogP contribution in [0.1, 0.15) is 13.1 Å². The molecule has 2 aromatic heterocycles. The van der Waals surface area contributed by atoms with Crippen molar-refractivity contribution in [1.29, 1.82) is 0 Å². The van der Waals surface area contributed by atoms with Crippen LogP contribution in [0, 0.1) is 0 Å². The third-order valence-corrected chi connectivity index (χ3v) is 5.37. The van der Waals surface area contributed by atoms with Gasteiger partial charge in [-0.15, -0.1) is 0 Å². The zero-order valence-corrected chi connectivity index (χ0v) is 17.2. The Morgan fingerprint density at radius 2 is 1.73 bits per heavy atom. The number of fused-ring (bicyclic) bond motifs is 3. The molecule has 4 nitrogen and oxygen atoms in total. The molecule has 0 spiro atoms. The number of halogens is 2. The molecule has 2 atom stereocenters. The van der Waals surface area contributed by atoms with Crippen LogP contribution in [0.15, 0.2) is 69.9 Å². The number of nitrogens with one attached hydrogen (secondary N) is 1. The number of nitrogens with zero attached hydrogens (tertiary/aromatic N) is 2. The van der Waals surface area contributed by atoms with Gasteiger partial charge in [0.25, 0.3) is 0 Å². The first-order valence-corrected chi connectivity index (χ1v) is 9.87. The Morgan fingerprint density at radius 1 is 1.00 bits per heavy atom. The highest BCUT2D eigenvalue weighted by Gasteiger charge is 2.23. The molecular weight excluding hydrogens is 458 g/mol. The number of rotatable bonds is 4. The predicted octanol–water partition coefficient (Wildman–Crippen LogP) is 5.71. The topological polar surface area (TPSA) is 50.1 Å². The Labute approximate surface area is 168 Å². The standard InChI is InChI=1S/C20H17Br2N3O/c1-12(26)20(24-14-5-3-2-4-6-14)25-17-8-7-13(21)9-15(17)16-10-19(22)23-11-18(16)25/h2-12,20,24,26H,1H3. The molecule has 0 aliphatic rings. The molecule has 0 amide bonds. The quantitative estimate of drug-likeness (QED) is 0.372. The summed E-state index contributed by atoms with van der Waals surface area (Å²) in [7, 11) is 0. The number of hydrogen-bond donors (Lipinski definition) is 2. The van der Waals surface area contributed by atoms with Crippen LogP contribution in [0.3, 0.4) is 0 Å². The second-order valence-electron chi connectivity index (χ2n) is 6.25. The van der Waals surface area contributed by atoms with Gasteiger partial charge in [0.15, 0.2) is 0 Å². The average Bonchev–Trinajstić information content (AvgIpc) is 2.93. The minimum atomic E-state index is -0.610. The molecule has 132 valence electrons. The lowest BCUT2D eigenvalue weighted by Crippen LogP contribution is -2.28. The van der Waals surface area contributed by atoms with Crippen LogP contribution < -0.4 is 5.32 Å². The van der Waals surface area contributed by atoms with Gasteiger partial charge in [0.05, 0.1) is 23.3 Å². The maximum atomic E-state index is 10.6. The van der Waals surface area contributed by atoms with Crippen LogP contribution in [-0.4, -0.2) is 20.8 Å². The molecule has 0 fully saturated rings. The number of pyridine rings is 1. The van der Waals surface area contributed by atoms with Gasteiger partial charge in [0.1, 0.15) is 10.8 Å². The molecular formula is C20H17Br2N3O. The summed E-state index contributed by atoms with van der Waals surface area (Å²) in [6.07, 6.45) is 0.901. The number of anilines is 1. The first-order chi connectivity index (χ1) is 12.5. The fourth-order valence-electron chi connectivity index (χ4n) is 3.30. The first-order valence-electron chi connectivity index (χ1n) is 8.29. The predicted molar refractivity (Wildman–Crippen MR) is 113 cm³/mol. The van der Waals surface area contributed by atoms with Crippen molar-refractivity contribution in [3.05, 3.63) is 69.9 Å². The Morgan fingerprint density at radius 3 is 2.46 bits per heavy atom. The Hall–Kier alpha value is -1.89. The molecule has 2 N–H and O–H groups in total. The van der Waals surface area contributed by atoms with Crippen molar-refractivity contribution in [3.8, 4) is 0 Å². The van der Waals surface area contributed by atoms with Gasteiger partial charge < -0.3 is 15.0 Å². The molecule has 0 saturated heterocycles. The van der Waals surface area contributed by atoms with Crippen molar-refractivity contribution in [2.75, 3.05) is 5.32 Å². The van der Waals surface area contributed by atoms with Crippen LogP contribution in [0.5, 0.6) is 0 Å². The summed E-state index contributed by atoms with van der Waals surface area (Å²) >= 11 is 7.03. The zero-order chi connectivity index (χ0) is 18.3. The summed E-state index contributed by atoms with van der Waals surface area (Å²) in [5, 5.41) is 16.2. The van der Waals surface area contributed by atoms with Crippen LogP contribution in [0.4, 0.5) is 5.69 Å². The minimum absolute atomic E-state index is 0.332. The summed E-state index contributed by atoms with van der Waals surface area (Å²) in [6.45, 7) is 1.80. The Bertz CT molecular complexity index is 1020. The van der Waals surface area contributed by atoms with E-state index in [1.807, 2.05) is 48.7 Å². The van der Waals surface area contributed by atoms with Crippen LogP contribution in [0.25, 0.3) is 21.8 Å². The van der Waals surface area contributed by atoms with E-state index in [-0.39, 0.29) is 6.17 Å². The molecule has 0 radical (unpaired) electrons. The molecule has 0 bridgehead atoms. The lowest BCUT2D eigenvalue weighted by Gasteiger charge is -2.26. The monoisotopic (exact) mass is 473 g/mol. The third kappa shape index (κ3) is 3.13. The maximum Gasteiger partial charge on any atom is 0.130 e. The molecule has 0 saturated carbocycles. The highest BCUT2D eigenvalue weighted by atomic mass is 79.9. The lowest BCUT2D eigenvalue weighted by atomic mass is 10.2. The van der Waals surface area contributed by atoms with Crippen molar-refractivity contribution in [1.82, 2.24) is 9.55 Å². The highest BCUT2D eigenvalue weighted by molar-refractivity contribution is 9.10. The fraction of sp³-hybridized carbons (Fsp3) is 0.150. The fourth-order valence-corrected chi connectivity index (χ4v) is 3.99. The maximum absolute atomic E-state index is 10.6. The van der Waals surface area contributed by atoms with Crippen molar-refractivity contribution in [2.45, 2.75) is 19.2 Å². The molecule has 0 aliphatic carbocycles. The Kier molecular flexibility index (Phi) is 4.73. The minimum Gasteiger partial charge on any atom is -0.389 e. The second-order valence-corrected chi connectivity index (χ2v) is 7.98. The second kappa shape index (κ2) is 7.02. The summed E-state index contributed by atoms with van der Waals surface area (Å²) in [5.41, 5.74) is 2.96. The Balaban J connectivity index is 1.97. The molecule has 4 aromatic rings. The normalized spacial score (nSPS) is 13.8. The van der Waals surface area contributed by atoms with Gasteiger partial charge in [0.2, 0.25) is 0 Å². The summed E-state index contributed by atoms with van der Waals surface area (Å²) < 4.78 is 3.92. The van der Waals surface area contributed by atoms with E-state index in [9.17, 15) is 5.11 Å². The van der Waals surface area contributed by atoms with Gasteiger partial charge in [-0.3, -0.25) is 0 Å². The molecule has 0 aliphatic heterocycles. The van der Waals surface area contributed by atoms with Gasteiger partial charge in [-0.2, -0.15) is 0 Å².